The Kier molecular flexibility index (Phi) is 5.10. The highest BCUT2D eigenvalue weighted by Crippen LogP contribution is 2.30. The summed E-state index contributed by atoms with van der Waals surface area (Å²) in [6.45, 7) is 1.60. The second-order valence-corrected chi connectivity index (χ2v) is 7.46. The van der Waals surface area contributed by atoms with Gasteiger partial charge in [-0.15, -0.1) is 0 Å². The van der Waals surface area contributed by atoms with Gasteiger partial charge in [0.25, 0.3) is 5.91 Å². The van der Waals surface area contributed by atoms with Crippen LogP contribution >= 0.6 is 11.6 Å². The Morgan fingerprint density at radius 3 is 2.74 bits per heavy atom. The highest BCUT2D eigenvalue weighted by Gasteiger charge is 2.23. The summed E-state index contributed by atoms with van der Waals surface area (Å²) < 4.78 is 0. The number of hydrogen-bond acceptors (Lipinski definition) is 3. The summed E-state index contributed by atoms with van der Waals surface area (Å²) in [6, 6.07) is 15.3. The molecule has 1 aliphatic heterocycles. The summed E-state index contributed by atoms with van der Waals surface area (Å²) in [5.74, 6) is 0.359. The number of pyridine rings is 1. The molecule has 1 aromatic heterocycles. The zero-order chi connectivity index (χ0) is 18.8. The molecule has 2 heterocycles. The Hall–Kier alpha value is -2.43. The van der Waals surface area contributed by atoms with Gasteiger partial charge in [-0.3, -0.25) is 9.78 Å². The van der Waals surface area contributed by atoms with Crippen LogP contribution in [0.5, 0.6) is 0 Å². The molecular weight excluding hydrogens is 360 g/mol. The standard InChI is InChI=1S/C22H21ClN2O2/c23-18-4-5-21-20(13-18)19(6-9-24-21)16-2-1-3-17(12-16)22(27)25-10-7-15(14-26)8-11-25/h1-6,9,12-13,15,26H,7-8,10-11,14H2. The fourth-order valence-electron chi connectivity index (χ4n) is 3.69. The number of amides is 1. The van der Waals surface area contributed by atoms with E-state index in [0.29, 0.717) is 29.6 Å². The number of aliphatic hydroxyl groups excluding tert-OH is 1. The van der Waals surface area contributed by atoms with Gasteiger partial charge in [0, 0.05) is 41.9 Å². The third-order valence-electron chi connectivity index (χ3n) is 5.28. The fourth-order valence-corrected chi connectivity index (χ4v) is 3.86. The van der Waals surface area contributed by atoms with Crippen molar-refractivity contribution >= 4 is 28.4 Å². The van der Waals surface area contributed by atoms with Crippen molar-refractivity contribution in [2.24, 2.45) is 5.92 Å². The van der Waals surface area contributed by atoms with Gasteiger partial charge < -0.3 is 10.0 Å². The van der Waals surface area contributed by atoms with E-state index in [-0.39, 0.29) is 12.5 Å². The van der Waals surface area contributed by atoms with E-state index < -0.39 is 0 Å². The molecule has 3 aromatic rings. The van der Waals surface area contributed by atoms with Crippen molar-refractivity contribution in [1.82, 2.24) is 9.88 Å². The molecule has 5 heteroatoms. The predicted octanol–water partition coefficient (Wildman–Crippen LogP) is 4.40. The zero-order valence-electron chi connectivity index (χ0n) is 14.9. The number of carbonyl (C=O) groups excluding carboxylic acids is 1. The SMILES string of the molecule is O=C(c1cccc(-c2ccnc3ccc(Cl)cc23)c1)N1CCC(CO)CC1. The number of aliphatic hydroxyl groups is 1. The molecule has 0 aliphatic carbocycles. The van der Waals surface area contributed by atoms with E-state index in [1.54, 1.807) is 6.20 Å². The van der Waals surface area contributed by atoms with E-state index in [9.17, 15) is 9.90 Å². The van der Waals surface area contributed by atoms with E-state index in [4.69, 9.17) is 11.6 Å². The lowest BCUT2D eigenvalue weighted by molar-refractivity contribution is 0.0651. The van der Waals surface area contributed by atoms with Crippen molar-refractivity contribution in [1.29, 1.82) is 0 Å². The van der Waals surface area contributed by atoms with Crippen LogP contribution in [0.25, 0.3) is 22.0 Å². The van der Waals surface area contributed by atoms with Gasteiger partial charge in [-0.25, -0.2) is 0 Å². The van der Waals surface area contributed by atoms with E-state index >= 15 is 0 Å². The molecular formula is C22H21ClN2O2. The van der Waals surface area contributed by atoms with E-state index in [1.165, 1.54) is 0 Å². The number of fused-ring (bicyclic) bond motifs is 1. The summed E-state index contributed by atoms with van der Waals surface area (Å²) in [5, 5.41) is 10.9. The first kappa shape index (κ1) is 18.0. The van der Waals surface area contributed by atoms with Crippen LogP contribution in [0.15, 0.2) is 54.7 Å². The maximum absolute atomic E-state index is 12.9. The maximum Gasteiger partial charge on any atom is 0.253 e. The van der Waals surface area contributed by atoms with Crippen LogP contribution < -0.4 is 0 Å². The van der Waals surface area contributed by atoms with Gasteiger partial charge in [-0.05, 0) is 66.3 Å². The highest BCUT2D eigenvalue weighted by molar-refractivity contribution is 6.31. The van der Waals surface area contributed by atoms with Crippen LogP contribution in [0.4, 0.5) is 0 Å². The van der Waals surface area contributed by atoms with E-state index in [0.717, 1.165) is 34.9 Å². The number of hydrogen-bond donors (Lipinski definition) is 1. The molecule has 27 heavy (non-hydrogen) atoms. The Labute approximate surface area is 163 Å². The zero-order valence-corrected chi connectivity index (χ0v) is 15.7. The molecule has 0 saturated carbocycles. The predicted molar refractivity (Wildman–Crippen MR) is 108 cm³/mol. The first-order chi connectivity index (χ1) is 13.2. The normalized spacial score (nSPS) is 15.3. The van der Waals surface area contributed by atoms with Crippen LogP contribution in [-0.4, -0.2) is 40.6 Å². The van der Waals surface area contributed by atoms with E-state index in [1.807, 2.05) is 53.4 Å². The summed E-state index contributed by atoms with van der Waals surface area (Å²) in [4.78, 5) is 19.2. The lowest BCUT2D eigenvalue weighted by atomic mass is 9.96. The topological polar surface area (TPSA) is 53.4 Å². The number of rotatable bonds is 3. The first-order valence-corrected chi connectivity index (χ1v) is 9.58. The summed E-state index contributed by atoms with van der Waals surface area (Å²) in [6.07, 6.45) is 3.49. The van der Waals surface area contributed by atoms with Crippen molar-refractivity contribution in [3.05, 3.63) is 65.3 Å². The Morgan fingerprint density at radius 1 is 1.15 bits per heavy atom. The summed E-state index contributed by atoms with van der Waals surface area (Å²) >= 11 is 6.18. The maximum atomic E-state index is 12.9. The Balaban J connectivity index is 1.66. The van der Waals surface area contributed by atoms with Crippen molar-refractivity contribution in [2.75, 3.05) is 19.7 Å². The molecule has 0 spiro atoms. The molecule has 0 unspecified atom stereocenters. The first-order valence-electron chi connectivity index (χ1n) is 9.20. The average Bonchev–Trinajstić information content (AvgIpc) is 2.73. The number of halogens is 1. The molecule has 2 aromatic carbocycles. The highest BCUT2D eigenvalue weighted by atomic mass is 35.5. The summed E-state index contributed by atoms with van der Waals surface area (Å²) in [5.41, 5.74) is 3.54. The average molecular weight is 381 g/mol. The van der Waals surface area contributed by atoms with Gasteiger partial charge in [-0.2, -0.15) is 0 Å². The molecule has 1 fully saturated rings. The van der Waals surface area contributed by atoms with Gasteiger partial charge in [-0.1, -0.05) is 23.7 Å². The van der Waals surface area contributed by atoms with Crippen LogP contribution in [0, 0.1) is 5.92 Å². The van der Waals surface area contributed by atoms with Gasteiger partial charge in [0.05, 0.1) is 5.52 Å². The van der Waals surface area contributed by atoms with Gasteiger partial charge in [0.15, 0.2) is 0 Å². The smallest absolute Gasteiger partial charge is 0.253 e. The monoisotopic (exact) mass is 380 g/mol. The van der Waals surface area contributed by atoms with Gasteiger partial charge in [0.1, 0.15) is 0 Å². The van der Waals surface area contributed by atoms with Crippen molar-refractivity contribution in [2.45, 2.75) is 12.8 Å². The van der Waals surface area contributed by atoms with Crippen molar-refractivity contribution in [3.63, 3.8) is 0 Å². The fraction of sp³-hybridized carbons (Fsp3) is 0.273. The third kappa shape index (κ3) is 3.68. The quantitative estimate of drug-likeness (QED) is 0.732. The van der Waals surface area contributed by atoms with Gasteiger partial charge in [0.2, 0.25) is 0 Å². The minimum atomic E-state index is 0.0460. The minimum Gasteiger partial charge on any atom is -0.396 e. The number of aromatic nitrogens is 1. The molecule has 1 saturated heterocycles. The van der Waals surface area contributed by atoms with Crippen LogP contribution in [-0.2, 0) is 0 Å². The lowest BCUT2D eigenvalue weighted by Crippen LogP contribution is -2.39. The molecule has 1 amide bonds. The van der Waals surface area contributed by atoms with Crippen LogP contribution in [0.2, 0.25) is 5.02 Å². The molecule has 0 bridgehead atoms. The minimum absolute atomic E-state index is 0.0460. The van der Waals surface area contributed by atoms with Gasteiger partial charge >= 0.3 is 0 Å². The largest absolute Gasteiger partial charge is 0.396 e. The molecule has 4 rings (SSSR count). The molecule has 138 valence electrons. The van der Waals surface area contributed by atoms with Crippen molar-refractivity contribution in [3.8, 4) is 11.1 Å². The van der Waals surface area contributed by atoms with Crippen LogP contribution in [0.3, 0.4) is 0 Å². The van der Waals surface area contributed by atoms with Crippen LogP contribution in [0.1, 0.15) is 23.2 Å². The molecule has 4 nitrogen and oxygen atoms in total. The molecule has 1 N–H and O–H groups in total. The Morgan fingerprint density at radius 2 is 1.96 bits per heavy atom. The number of benzene rings is 2. The third-order valence-corrected chi connectivity index (χ3v) is 5.52. The lowest BCUT2D eigenvalue weighted by Gasteiger charge is -2.31. The molecule has 0 radical (unpaired) electrons. The second-order valence-electron chi connectivity index (χ2n) is 7.02. The number of nitrogens with zero attached hydrogens (tertiary/aromatic N) is 2. The second kappa shape index (κ2) is 7.67. The van der Waals surface area contributed by atoms with Crippen molar-refractivity contribution < 1.29 is 9.90 Å². The summed E-state index contributed by atoms with van der Waals surface area (Å²) in [7, 11) is 0. The number of likely N-dealkylation sites (tertiary alicyclic amines) is 1. The molecule has 1 aliphatic rings. The molecule has 0 atom stereocenters. The van der Waals surface area contributed by atoms with E-state index in [2.05, 4.69) is 4.98 Å². The number of carbonyl (C=O) groups is 1. The number of piperidine rings is 1. The Bertz CT molecular complexity index is 981.